The van der Waals surface area contributed by atoms with E-state index in [-0.39, 0.29) is 0 Å². The summed E-state index contributed by atoms with van der Waals surface area (Å²) in [5.41, 5.74) is 1.75. The maximum atomic E-state index is 9.27. The highest BCUT2D eigenvalue weighted by molar-refractivity contribution is 7.71. The lowest BCUT2D eigenvalue weighted by atomic mass is 10.1. The second-order valence-electron chi connectivity index (χ2n) is 5.23. The van der Waals surface area contributed by atoms with E-state index in [2.05, 4.69) is 32.7 Å². The number of nitrogens with one attached hydrogen (secondary N) is 1. The Kier molecular flexibility index (Phi) is 4.95. The van der Waals surface area contributed by atoms with Gasteiger partial charge in [-0.05, 0) is 32.0 Å². The Labute approximate surface area is 130 Å². The molecule has 2 rings (SSSR count). The van der Waals surface area contributed by atoms with Crippen molar-refractivity contribution in [2.75, 3.05) is 38.1 Å². The van der Waals surface area contributed by atoms with E-state index < -0.39 is 0 Å². The van der Waals surface area contributed by atoms with Gasteiger partial charge < -0.3 is 14.8 Å². The zero-order valence-electron chi connectivity index (χ0n) is 12.4. The van der Waals surface area contributed by atoms with Gasteiger partial charge in [-0.3, -0.25) is 0 Å². The van der Waals surface area contributed by atoms with Crippen LogP contribution in [0.1, 0.15) is 24.5 Å². The van der Waals surface area contributed by atoms with Crippen molar-refractivity contribution < 1.29 is 0 Å². The minimum absolute atomic E-state index is 0.439. The first-order valence-electron chi connectivity index (χ1n) is 7.12. The second-order valence-corrected chi connectivity index (χ2v) is 5.63. The molecule has 1 aromatic rings. The van der Waals surface area contributed by atoms with Gasteiger partial charge in [0.1, 0.15) is 16.5 Å². The van der Waals surface area contributed by atoms with Crippen LogP contribution in [-0.2, 0) is 6.42 Å². The lowest BCUT2D eigenvalue weighted by Crippen LogP contribution is -2.29. The summed E-state index contributed by atoms with van der Waals surface area (Å²) in [6, 6.07) is 2.13. The lowest BCUT2D eigenvalue weighted by Gasteiger charge is -2.25. The average Bonchev–Trinajstić information content (AvgIpc) is 2.70. The predicted molar refractivity (Wildman–Crippen MR) is 86.3 cm³/mol. The van der Waals surface area contributed by atoms with Gasteiger partial charge in [0.05, 0.1) is 12.1 Å². The molecular weight excluding hydrogens is 282 g/mol. The molecule has 1 fully saturated rings. The maximum Gasteiger partial charge on any atom is 0.230 e. The minimum atomic E-state index is 0.439. The number of aromatic nitrogens is 1. The van der Waals surface area contributed by atoms with Crippen LogP contribution in [0.25, 0.3) is 4.85 Å². The smallest absolute Gasteiger partial charge is 0.230 e. The lowest BCUT2D eigenvalue weighted by molar-refractivity contribution is 0.360. The molecule has 1 aliphatic heterocycles. The maximum absolute atomic E-state index is 9.27. The van der Waals surface area contributed by atoms with E-state index >= 15 is 0 Å². The number of likely N-dealkylation sites (N-methyl/N-ethyl adjacent to an activating group) is 1. The number of rotatable bonds is 2. The van der Waals surface area contributed by atoms with E-state index in [9.17, 15) is 5.26 Å². The summed E-state index contributed by atoms with van der Waals surface area (Å²) < 4.78 is 0.439. The fourth-order valence-corrected chi connectivity index (χ4v) is 2.97. The summed E-state index contributed by atoms with van der Waals surface area (Å²) in [5, 5.41) is 9.27. The number of anilines is 1. The van der Waals surface area contributed by atoms with Gasteiger partial charge >= 0.3 is 0 Å². The van der Waals surface area contributed by atoms with Gasteiger partial charge in [-0.25, -0.2) is 4.85 Å². The third-order valence-electron chi connectivity index (χ3n) is 3.88. The van der Waals surface area contributed by atoms with Crippen molar-refractivity contribution in [1.29, 1.82) is 5.26 Å². The van der Waals surface area contributed by atoms with E-state index in [1.165, 1.54) is 0 Å². The number of nitriles is 1. The van der Waals surface area contributed by atoms with Gasteiger partial charge in [0.15, 0.2) is 0 Å². The van der Waals surface area contributed by atoms with Crippen LogP contribution in [0.5, 0.6) is 0 Å². The third kappa shape index (κ3) is 3.07. The molecule has 0 radical (unpaired) electrons. The third-order valence-corrected chi connectivity index (χ3v) is 4.19. The molecule has 0 spiro atoms. The molecule has 110 valence electrons. The second kappa shape index (κ2) is 6.71. The van der Waals surface area contributed by atoms with Gasteiger partial charge in [0.25, 0.3) is 0 Å². The highest BCUT2D eigenvalue weighted by Gasteiger charge is 2.21. The molecule has 0 unspecified atom stereocenters. The van der Waals surface area contributed by atoms with Gasteiger partial charge in [-0.2, -0.15) is 5.26 Å². The number of nitrogens with zero attached hydrogens (tertiary/aromatic N) is 4. The molecule has 0 aliphatic carbocycles. The molecule has 0 amide bonds. The van der Waals surface area contributed by atoms with Gasteiger partial charge in [0, 0.05) is 19.6 Å². The Hall–Kier alpha value is -1.89. The molecule has 1 saturated heterocycles. The van der Waals surface area contributed by atoms with E-state index in [4.69, 9.17) is 18.8 Å². The Balaban J connectivity index is 2.54. The van der Waals surface area contributed by atoms with Crippen LogP contribution in [0.3, 0.4) is 0 Å². The monoisotopic (exact) mass is 301 g/mol. The number of hydrogen-bond donors (Lipinski definition) is 1. The van der Waals surface area contributed by atoms with Gasteiger partial charge in [0.2, 0.25) is 5.69 Å². The van der Waals surface area contributed by atoms with E-state index in [1.807, 2.05) is 6.92 Å². The van der Waals surface area contributed by atoms with Crippen molar-refractivity contribution in [2.45, 2.75) is 19.8 Å². The molecule has 5 nitrogen and oxygen atoms in total. The largest absolute Gasteiger partial charge is 0.366 e. The molecule has 0 saturated carbocycles. The standard InChI is InChI=1S/C15H19N5S/c1-4-11-12(10-16)15(21)18-14(13(11)17-2)20-7-5-6-19(3)8-9-20/h4-9H2,1,3H3,(H,18,21). The molecule has 21 heavy (non-hydrogen) atoms. The Morgan fingerprint density at radius 2 is 2.14 bits per heavy atom. The van der Waals surface area contributed by atoms with Gasteiger partial charge in [-0.15, -0.1) is 0 Å². The number of pyridine rings is 1. The molecule has 2 heterocycles. The van der Waals surface area contributed by atoms with Crippen molar-refractivity contribution in [3.63, 3.8) is 0 Å². The summed E-state index contributed by atoms with van der Waals surface area (Å²) in [4.78, 5) is 11.3. The zero-order valence-corrected chi connectivity index (χ0v) is 13.3. The van der Waals surface area contributed by atoms with Crippen molar-refractivity contribution in [1.82, 2.24) is 9.88 Å². The summed E-state index contributed by atoms with van der Waals surface area (Å²) >= 11 is 5.31. The highest BCUT2D eigenvalue weighted by atomic mass is 32.1. The summed E-state index contributed by atoms with van der Waals surface area (Å²) in [6.45, 7) is 13.2. The van der Waals surface area contributed by atoms with Crippen LogP contribution in [0.2, 0.25) is 0 Å². The van der Waals surface area contributed by atoms with E-state index in [1.54, 1.807) is 0 Å². The predicted octanol–water partition coefficient (Wildman–Crippen LogP) is 2.87. The molecule has 1 N–H and O–H groups in total. The van der Waals surface area contributed by atoms with Crippen molar-refractivity contribution in [3.05, 3.63) is 27.2 Å². The Morgan fingerprint density at radius 1 is 1.38 bits per heavy atom. The molecule has 1 aliphatic rings. The average molecular weight is 301 g/mol. The first-order valence-corrected chi connectivity index (χ1v) is 7.53. The Morgan fingerprint density at radius 3 is 2.76 bits per heavy atom. The zero-order chi connectivity index (χ0) is 15.4. The topological polar surface area (TPSA) is 50.4 Å². The summed E-state index contributed by atoms with van der Waals surface area (Å²) in [6.07, 6.45) is 1.69. The van der Waals surface area contributed by atoms with Crippen molar-refractivity contribution in [3.8, 4) is 6.07 Å². The summed E-state index contributed by atoms with van der Waals surface area (Å²) in [5.74, 6) is 0.779. The molecule has 0 bridgehead atoms. The first kappa shape index (κ1) is 15.5. The van der Waals surface area contributed by atoms with Crippen LogP contribution in [0.15, 0.2) is 0 Å². The normalized spacial score (nSPS) is 16.1. The Bertz CT molecular complexity index is 664. The van der Waals surface area contributed by atoms with Crippen LogP contribution >= 0.6 is 12.2 Å². The number of H-pyrrole nitrogens is 1. The first-order chi connectivity index (χ1) is 10.1. The van der Waals surface area contributed by atoms with E-state index in [0.717, 1.165) is 44.0 Å². The summed E-state index contributed by atoms with van der Waals surface area (Å²) in [7, 11) is 2.11. The van der Waals surface area contributed by atoms with Crippen molar-refractivity contribution in [2.24, 2.45) is 0 Å². The quantitative estimate of drug-likeness (QED) is 0.674. The van der Waals surface area contributed by atoms with Gasteiger partial charge in [-0.1, -0.05) is 19.1 Å². The number of aromatic amines is 1. The molecular formula is C15H19N5S. The van der Waals surface area contributed by atoms with Crippen molar-refractivity contribution >= 4 is 23.7 Å². The molecule has 0 aromatic carbocycles. The molecule has 6 heteroatoms. The fraction of sp³-hybridized carbons (Fsp3) is 0.533. The van der Waals surface area contributed by atoms with Crippen LogP contribution in [-0.4, -0.2) is 43.1 Å². The molecule has 0 atom stereocenters. The van der Waals surface area contributed by atoms with Crippen LogP contribution in [0, 0.1) is 22.5 Å². The SMILES string of the molecule is [C-]#[N+]c1c(N2CCCN(C)CC2)[nH]c(=S)c(C#N)c1CC. The van der Waals surface area contributed by atoms with Crippen LogP contribution in [0.4, 0.5) is 11.5 Å². The fourth-order valence-electron chi connectivity index (χ4n) is 2.71. The molecule has 1 aromatic heterocycles. The van der Waals surface area contributed by atoms with Crippen LogP contribution < -0.4 is 4.90 Å². The minimum Gasteiger partial charge on any atom is -0.366 e. The highest BCUT2D eigenvalue weighted by Crippen LogP contribution is 2.34. The number of hydrogen-bond acceptors (Lipinski definition) is 4. The van der Waals surface area contributed by atoms with E-state index in [0.29, 0.717) is 22.3 Å².